The quantitative estimate of drug-likeness (QED) is 0.633. The Balaban J connectivity index is 1.63. The normalized spacial score (nSPS) is 19.6. The molecule has 1 aromatic rings. The summed E-state index contributed by atoms with van der Waals surface area (Å²) in [5.41, 5.74) is 8.67. The molecule has 3 rings (SSSR count). The largest absolute Gasteiger partial charge is 0.395 e. The van der Waals surface area contributed by atoms with Crippen LogP contribution in [0.2, 0.25) is 0 Å². The number of hydrogen-bond acceptors (Lipinski definition) is 7. The molecule has 0 atom stereocenters. The highest BCUT2D eigenvalue weighted by Gasteiger charge is 2.31. The lowest BCUT2D eigenvalue weighted by atomic mass is 9.97. The van der Waals surface area contributed by atoms with Gasteiger partial charge in [0.1, 0.15) is 5.69 Å². The number of nitrogens with zero attached hydrogens (tertiary/aromatic N) is 3. The predicted octanol–water partition coefficient (Wildman–Crippen LogP) is 1.58. The van der Waals surface area contributed by atoms with Gasteiger partial charge in [-0.15, -0.1) is 4.91 Å². The van der Waals surface area contributed by atoms with Crippen molar-refractivity contribution in [2.45, 2.75) is 6.61 Å². The van der Waals surface area contributed by atoms with E-state index >= 15 is 0 Å². The van der Waals surface area contributed by atoms with Gasteiger partial charge in [-0.2, -0.15) is 0 Å². The maximum absolute atomic E-state index is 11.0. The van der Waals surface area contributed by atoms with Gasteiger partial charge in [0.25, 0.3) is 0 Å². The molecule has 0 aromatic heterocycles. The van der Waals surface area contributed by atoms with Crippen LogP contribution in [0.3, 0.4) is 0 Å². The smallest absolute Gasteiger partial charge is 0.133 e. The maximum Gasteiger partial charge on any atom is 0.133 e. The average molecular weight is 320 g/mol. The number of ether oxygens (including phenoxy) is 2. The van der Waals surface area contributed by atoms with Crippen LogP contribution < -0.4 is 10.6 Å². The Morgan fingerprint density at radius 3 is 2.74 bits per heavy atom. The number of rotatable bonds is 6. The van der Waals surface area contributed by atoms with Crippen molar-refractivity contribution in [2.24, 2.45) is 11.1 Å². The van der Waals surface area contributed by atoms with E-state index < -0.39 is 0 Å². The molecule has 2 aliphatic rings. The van der Waals surface area contributed by atoms with E-state index in [1.165, 1.54) is 0 Å². The molecular weight excluding hydrogens is 296 g/mol. The van der Waals surface area contributed by atoms with Gasteiger partial charge in [-0.05, 0) is 22.9 Å². The zero-order valence-electron chi connectivity index (χ0n) is 13.5. The lowest BCUT2D eigenvalue weighted by molar-refractivity contribution is 0.0286. The number of hydrogen-bond donors (Lipinski definition) is 1. The summed E-state index contributed by atoms with van der Waals surface area (Å²) in [6, 6.07) is 3.69. The Bertz CT molecular complexity index is 555. The van der Waals surface area contributed by atoms with E-state index in [-0.39, 0.29) is 0 Å². The lowest BCUT2D eigenvalue weighted by Crippen LogP contribution is -2.53. The molecule has 7 heteroatoms. The number of anilines is 2. The predicted molar refractivity (Wildman–Crippen MR) is 90.0 cm³/mol. The minimum atomic E-state index is 0.297. The summed E-state index contributed by atoms with van der Waals surface area (Å²) in [6.45, 7) is 7.14. The Labute approximate surface area is 136 Å². The molecule has 23 heavy (non-hydrogen) atoms. The number of nitrogen functional groups attached to an aromatic ring is 1. The first-order chi connectivity index (χ1) is 11.2. The first kappa shape index (κ1) is 16.2. The Morgan fingerprint density at radius 1 is 1.35 bits per heavy atom. The number of methoxy groups -OCH3 is 1. The van der Waals surface area contributed by atoms with Crippen molar-refractivity contribution in [2.75, 3.05) is 63.7 Å². The van der Waals surface area contributed by atoms with Crippen LogP contribution in [0.5, 0.6) is 0 Å². The fraction of sp³-hybridized carbons (Fsp3) is 0.625. The van der Waals surface area contributed by atoms with E-state index in [2.05, 4.69) is 15.0 Å². The first-order valence-corrected chi connectivity index (χ1v) is 8.01. The van der Waals surface area contributed by atoms with Gasteiger partial charge >= 0.3 is 0 Å². The fourth-order valence-corrected chi connectivity index (χ4v) is 3.30. The Kier molecular flexibility index (Phi) is 5.09. The standard InChI is InChI=1S/C16H24N4O3/c1-22-11-12-6-14(18-21)16(17)15(7-12)20-9-13(10-20)8-19-2-4-23-5-3-19/h6-7,13H,2-5,8-11,17H2,1H3. The van der Waals surface area contributed by atoms with Gasteiger partial charge in [0, 0.05) is 45.8 Å². The Hall–Kier alpha value is -1.70. The van der Waals surface area contributed by atoms with Gasteiger partial charge in [0.05, 0.1) is 31.2 Å². The zero-order chi connectivity index (χ0) is 16.2. The molecule has 0 radical (unpaired) electrons. The molecule has 126 valence electrons. The summed E-state index contributed by atoms with van der Waals surface area (Å²) >= 11 is 0. The van der Waals surface area contributed by atoms with Crippen LogP contribution in [0, 0.1) is 10.8 Å². The number of nitroso groups, excluding NO2 is 1. The van der Waals surface area contributed by atoms with E-state index in [0.717, 1.165) is 57.2 Å². The van der Waals surface area contributed by atoms with Gasteiger partial charge in [0.15, 0.2) is 0 Å². The molecule has 1 aromatic carbocycles. The van der Waals surface area contributed by atoms with Crippen LogP contribution in [0.1, 0.15) is 5.56 Å². The van der Waals surface area contributed by atoms with Crippen molar-refractivity contribution in [1.82, 2.24) is 4.90 Å². The van der Waals surface area contributed by atoms with E-state index in [4.69, 9.17) is 15.2 Å². The van der Waals surface area contributed by atoms with Gasteiger partial charge in [-0.3, -0.25) is 4.90 Å². The highest BCUT2D eigenvalue weighted by molar-refractivity contribution is 5.80. The van der Waals surface area contributed by atoms with Crippen molar-refractivity contribution in [3.63, 3.8) is 0 Å². The fourth-order valence-electron chi connectivity index (χ4n) is 3.30. The van der Waals surface area contributed by atoms with Crippen molar-refractivity contribution in [3.8, 4) is 0 Å². The van der Waals surface area contributed by atoms with Crippen LogP contribution >= 0.6 is 0 Å². The van der Waals surface area contributed by atoms with Crippen molar-refractivity contribution in [1.29, 1.82) is 0 Å². The van der Waals surface area contributed by atoms with Gasteiger partial charge in [0.2, 0.25) is 0 Å². The molecule has 0 unspecified atom stereocenters. The molecule has 2 aliphatic heterocycles. The molecule has 2 saturated heterocycles. The van der Waals surface area contributed by atoms with Gasteiger partial charge in [-0.1, -0.05) is 0 Å². The van der Waals surface area contributed by atoms with E-state index in [0.29, 0.717) is 23.9 Å². The topological polar surface area (TPSA) is 80.4 Å². The third-order valence-electron chi connectivity index (χ3n) is 4.52. The molecular formula is C16H24N4O3. The summed E-state index contributed by atoms with van der Waals surface area (Å²) in [5.74, 6) is 0.631. The molecule has 2 heterocycles. The molecule has 0 amide bonds. The second-order valence-corrected chi connectivity index (χ2v) is 6.26. The second kappa shape index (κ2) is 7.25. The maximum atomic E-state index is 11.0. The zero-order valence-corrected chi connectivity index (χ0v) is 13.5. The monoisotopic (exact) mass is 320 g/mol. The summed E-state index contributed by atoms with van der Waals surface area (Å²) < 4.78 is 10.5. The summed E-state index contributed by atoms with van der Waals surface area (Å²) in [4.78, 5) is 15.7. The third-order valence-corrected chi connectivity index (χ3v) is 4.52. The van der Waals surface area contributed by atoms with Crippen molar-refractivity contribution in [3.05, 3.63) is 22.6 Å². The second-order valence-electron chi connectivity index (χ2n) is 6.26. The SMILES string of the molecule is COCc1cc(N=O)c(N)c(N2CC(CN3CCOCC3)C2)c1. The molecule has 2 N–H and O–H groups in total. The van der Waals surface area contributed by atoms with E-state index in [9.17, 15) is 4.91 Å². The van der Waals surface area contributed by atoms with Gasteiger partial charge < -0.3 is 20.1 Å². The minimum absolute atomic E-state index is 0.297. The van der Waals surface area contributed by atoms with Crippen LogP contribution in [0.4, 0.5) is 17.1 Å². The van der Waals surface area contributed by atoms with E-state index in [1.807, 2.05) is 6.07 Å². The highest BCUT2D eigenvalue weighted by atomic mass is 16.5. The lowest BCUT2D eigenvalue weighted by Gasteiger charge is -2.44. The Morgan fingerprint density at radius 2 is 2.09 bits per heavy atom. The summed E-state index contributed by atoms with van der Waals surface area (Å²) in [5, 5.41) is 3.05. The summed E-state index contributed by atoms with van der Waals surface area (Å²) in [7, 11) is 1.63. The van der Waals surface area contributed by atoms with Crippen LogP contribution in [-0.2, 0) is 16.1 Å². The van der Waals surface area contributed by atoms with Crippen LogP contribution in [0.25, 0.3) is 0 Å². The van der Waals surface area contributed by atoms with Crippen molar-refractivity contribution >= 4 is 17.1 Å². The first-order valence-electron chi connectivity index (χ1n) is 8.01. The van der Waals surface area contributed by atoms with Crippen molar-refractivity contribution < 1.29 is 9.47 Å². The molecule has 0 saturated carbocycles. The number of nitrogens with two attached hydrogens (primary N) is 1. The van der Waals surface area contributed by atoms with E-state index in [1.54, 1.807) is 13.2 Å². The number of benzene rings is 1. The third kappa shape index (κ3) is 3.63. The van der Waals surface area contributed by atoms with Crippen LogP contribution in [-0.4, -0.2) is 57.9 Å². The molecule has 0 aliphatic carbocycles. The number of morpholine rings is 1. The molecule has 7 nitrogen and oxygen atoms in total. The average Bonchev–Trinajstić information content (AvgIpc) is 2.53. The van der Waals surface area contributed by atoms with Gasteiger partial charge in [-0.25, -0.2) is 0 Å². The van der Waals surface area contributed by atoms with Crippen LogP contribution in [0.15, 0.2) is 17.3 Å². The molecule has 0 bridgehead atoms. The molecule has 2 fully saturated rings. The highest BCUT2D eigenvalue weighted by Crippen LogP contribution is 2.37. The summed E-state index contributed by atoms with van der Waals surface area (Å²) in [6.07, 6.45) is 0. The molecule has 0 spiro atoms. The minimum Gasteiger partial charge on any atom is -0.395 e.